The van der Waals surface area contributed by atoms with Crippen LogP contribution in [0.3, 0.4) is 0 Å². The van der Waals surface area contributed by atoms with Gasteiger partial charge in [-0.1, -0.05) is 172 Å². The number of carbonyl (C=O) groups is 1. The van der Waals surface area contributed by atoms with E-state index < -0.39 is 13.9 Å². The number of phosphoric ester groups is 1. The smallest absolute Gasteiger partial charge is 0.457 e. The monoisotopic (exact) mass is 798 g/mol. The molecule has 0 saturated heterocycles. The standard InChI is InChI=1S/C46H88NO7P/c1-3-5-7-9-11-13-15-17-19-21-22-23-25-27-29-31-33-35-37-39-46(48)54-45(44-53-55(49,50)52-42-40-47)43-51-41-38-36-34-32-30-28-26-24-20-18-16-14-12-10-8-6-4-2/h11,13,17,19-20,24,45H,3-10,12,14-16,18,21-23,25-44,47H2,1-2H3,(H,49,50)/b13-11-,19-17-,24-20-. The minimum absolute atomic E-state index is 0.0973. The van der Waals surface area contributed by atoms with Gasteiger partial charge in [-0.3, -0.25) is 13.8 Å². The lowest BCUT2D eigenvalue weighted by atomic mass is 10.1. The second-order valence-electron chi connectivity index (χ2n) is 15.3. The Morgan fingerprint density at radius 1 is 0.545 bits per heavy atom. The molecule has 0 aliphatic carbocycles. The van der Waals surface area contributed by atoms with Gasteiger partial charge in [-0.15, -0.1) is 0 Å². The predicted molar refractivity (Wildman–Crippen MR) is 233 cm³/mol. The Morgan fingerprint density at radius 3 is 1.47 bits per heavy atom. The van der Waals surface area contributed by atoms with Crippen LogP contribution in [0.25, 0.3) is 0 Å². The maximum Gasteiger partial charge on any atom is 0.472 e. The van der Waals surface area contributed by atoms with Gasteiger partial charge in [-0.25, -0.2) is 4.57 Å². The van der Waals surface area contributed by atoms with Crippen LogP contribution in [0.5, 0.6) is 0 Å². The van der Waals surface area contributed by atoms with Crippen LogP contribution in [0, 0.1) is 0 Å². The molecule has 9 heteroatoms. The van der Waals surface area contributed by atoms with E-state index in [0.717, 1.165) is 38.5 Å². The normalized spacial score (nSPS) is 13.7. The SMILES string of the molecule is CCCCC/C=C\C/C=C\CCCCCCCCCCCC(=O)OC(COCCCCCCCC/C=C\CCCCCCCCC)COP(=O)(O)OCCN. The van der Waals surface area contributed by atoms with Crippen molar-refractivity contribution in [3.63, 3.8) is 0 Å². The minimum Gasteiger partial charge on any atom is -0.457 e. The molecule has 8 nitrogen and oxygen atoms in total. The maximum absolute atomic E-state index is 12.6. The third kappa shape index (κ3) is 43.7. The van der Waals surface area contributed by atoms with Gasteiger partial charge in [-0.2, -0.15) is 0 Å². The van der Waals surface area contributed by atoms with Crippen LogP contribution >= 0.6 is 7.82 Å². The van der Waals surface area contributed by atoms with E-state index in [1.807, 2.05) is 0 Å². The summed E-state index contributed by atoms with van der Waals surface area (Å²) in [5.41, 5.74) is 5.37. The Morgan fingerprint density at radius 2 is 0.964 bits per heavy atom. The van der Waals surface area contributed by atoms with Gasteiger partial charge in [-0.05, 0) is 70.6 Å². The van der Waals surface area contributed by atoms with Crippen LogP contribution in [-0.2, 0) is 27.9 Å². The average Bonchev–Trinajstić information content (AvgIpc) is 3.17. The van der Waals surface area contributed by atoms with E-state index in [4.69, 9.17) is 24.3 Å². The fraction of sp³-hybridized carbons (Fsp3) is 0.848. The third-order valence-electron chi connectivity index (χ3n) is 9.78. The summed E-state index contributed by atoms with van der Waals surface area (Å²) in [5, 5.41) is 0. The van der Waals surface area contributed by atoms with Crippen LogP contribution < -0.4 is 5.73 Å². The molecular weight excluding hydrogens is 709 g/mol. The summed E-state index contributed by atoms with van der Waals surface area (Å²) < 4.78 is 33.5. The summed E-state index contributed by atoms with van der Waals surface area (Å²) in [7, 11) is -4.28. The topological polar surface area (TPSA) is 117 Å². The fourth-order valence-corrected chi connectivity index (χ4v) is 7.14. The molecule has 0 bridgehead atoms. The number of allylic oxidation sites excluding steroid dienone is 6. The van der Waals surface area contributed by atoms with E-state index in [1.165, 1.54) is 154 Å². The number of phosphoric acid groups is 1. The Kier molecular flexibility index (Phi) is 42.8. The molecule has 0 aromatic rings. The average molecular weight is 798 g/mol. The van der Waals surface area contributed by atoms with Crippen molar-refractivity contribution >= 4 is 13.8 Å². The quantitative estimate of drug-likeness (QED) is 0.0271. The molecule has 2 atom stereocenters. The van der Waals surface area contributed by atoms with Gasteiger partial charge in [0, 0.05) is 19.6 Å². The van der Waals surface area contributed by atoms with E-state index >= 15 is 0 Å². The highest BCUT2D eigenvalue weighted by atomic mass is 31.2. The van der Waals surface area contributed by atoms with E-state index in [1.54, 1.807) is 0 Å². The second kappa shape index (κ2) is 43.8. The van der Waals surface area contributed by atoms with Gasteiger partial charge in [0.2, 0.25) is 0 Å². The zero-order chi connectivity index (χ0) is 40.2. The van der Waals surface area contributed by atoms with E-state index in [9.17, 15) is 14.3 Å². The molecule has 0 radical (unpaired) electrons. The van der Waals surface area contributed by atoms with Crippen molar-refractivity contribution in [1.29, 1.82) is 0 Å². The molecule has 0 aromatic heterocycles. The molecule has 2 unspecified atom stereocenters. The summed E-state index contributed by atoms with van der Waals surface area (Å²) in [6.45, 7) is 4.90. The predicted octanol–water partition coefficient (Wildman–Crippen LogP) is 13.8. The molecule has 0 saturated carbocycles. The summed E-state index contributed by atoms with van der Waals surface area (Å²) in [4.78, 5) is 22.5. The van der Waals surface area contributed by atoms with Gasteiger partial charge in [0.25, 0.3) is 0 Å². The molecule has 0 heterocycles. The van der Waals surface area contributed by atoms with Crippen LogP contribution in [0.4, 0.5) is 0 Å². The van der Waals surface area contributed by atoms with Gasteiger partial charge in [0.05, 0.1) is 19.8 Å². The van der Waals surface area contributed by atoms with Crippen molar-refractivity contribution in [3.8, 4) is 0 Å². The highest BCUT2D eigenvalue weighted by Crippen LogP contribution is 2.43. The minimum atomic E-state index is -4.28. The molecule has 0 amide bonds. The van der Waals surface area contributed by atoms with Crippen molar-refractivity contribution in [3.05, 3.63) is 36.5 Å². The molecule has 0 fully saturated rings. The lowest BCUT2D eigenvalue weighted by Gasteiger charge is -2.20. The van der Waals surface area contributed by atoms with Crippen molar-refractivity contribution in [2.45, 2.75) is 219 Å². The molecule has 0 spiro atoms. The number of rotatable bonds is 44. The highest BCUT2D eigenvalue weighted by molar-refractivity contribution is 7.47. The fourth-order valence-electron chi connectivity index (χ4n) is 6.37. The highest BCUT2D eigenvalue weighted by Gasteiger charge is 2.25. The summed E-state index contributed by atoms with van der Waals surface area (Å²) in [5.74, 6) is -0.336. The number of nitrogens with two attached hydrogens (primary N) is 1. The Bertz CT molecular complexity index is 941. The molecule has 0 rings (SSSR count). The van der Waals surface area contributed by atoms with Crippen molar-refractivity contribution < 1.29 is 32.8 Å². The van der Waals surface area contributed by atoms with E-state index in [-0.39, 0.29) is 32.3 Å². The lowest BCUT2D eigenvalue weighted by Crippen LogP contribution is -2.28. The molecular formula is C46H88NO7P. The lowest BCUT2D eigenvalue weighted by molar-refractivity contribution is -0.154. The third-order valence-corrected chi connectivity index (χ3v) is 10.8. The van der Waals surface area contributed by atoms with Gasteiger partial charge in [0.1, 0.15) is 6.10 Å². The summed E-state index contributed by atoms with van der Waals surface area (Å²) >= 11 is 0. The van der Waals surface area contributed by atoms with Gasteiger partial charge >= 0.3 is 13.8 Å². The van der Waals surface area contributed by atoms with Crippen LogP contribution in [0.15, 0.2) is 36.5 Å². The molecule has 3 N–H and O–H groups in total. The first-order chi connectivity index (χ1) is 26.9. The van der Waals surface area contributed by atoms with Crippen LogP contribution in [0.2, 0.25) is 0 Å². The largest absolute Gasteiger partial charge is 0.472 e. The number of carbonyl (C=O) groups excluding carboxylic acids is 1. The first-order valence-corrected chi connectivity index (χ1v) is 24.5. The van der Waals surface area contributed by atoms with Crippen molar-refractivity contribution in [1.82, 2.24) is 0 Å². The number of hydrogen-bond acceptors (Lipinski definition) is 7. The molecule has 324 valence electrons. The first-order valence-electron chi connectivity index (χ1n) is 23.0. The number of esters is 1. The molecule has 0 aromatic carbocycles. The van der Waals surface area contributed by atoms with E-state index in [2.05, 4.69) is 50.3 Å². The van der Waals surface area contributed by atoms with E-state index in [0.29, 0.717) is 13.0 Å². The molecule has 0 aliphatic rings. The van der Waals surface area contributed by atoms with Crippen LogP contribution in [0.1, 0.15) is 213 Å². The zero-order valence-corrected chi connectivity index (χ0v) is 36.8. The molecule has 55 heavy (non-hydrogen) atoms. The molecule has 0 aliphatic heterocycles. The number of hydrogen-bond donors (Lipinski definition) is 2. The summed E-state index contributed by atoms with van der Waals surface area (Å²) in [6, 6.07) is 0. The number of unbranched alkanes of at least 4 members (excludes halogenated alkanes) is 25. The Labute approximate surface area is 339 Å². The van der Waals surface area contributed by atoms with Gasteiger partial charge in [0.15, 0.2) is 0 Å². The first kappa shape index (κ1) is 53.7. The number of ether oxygens (including phenoxy) is 2. The Hall–Kier alpha value is -1.28. The van der Waals surface area contributed by atoms with Crippen LogP contribution in [-0.4, -0.2) is 49.9 Å². The summed E-state index contributed by atoms with van der Waals surface area (Å²) in [6.07, 6.45) is 50.2. The van der Waals surface area contributed by atoms with Crippen molar-refractivity contribution in [2.75, 3.05) is 33.0 Å². The second-order valence-corrected chi connectivity index (χ2v) is 16.7. The Balaban J connectivity index is 4.01. The van der Waals surface area contributed by atoms with Crippen molar-refractivity contribution in [2.24, 2.45) is 5.73 Å². The maximum atomic E-state index is 12.6. The zero-order valence-electron chi connectivity index (χ0n) is 35.9. The van der Waals surface area contributed by atoms with Gasteiger partial charge < -0.3 is 20.1 Å².